The van der Waals surface area contributed by atoms with Crippen LogP contribution in [0.3, 0.4) is 0 Å². The number of guanidine groups is 1. The predicted octanol–water partition coefficient (Wildman–Crippen LogP) is 2.87. The Morgan fingerprint density at radius 2 is 2.27 bits per heavy atom. The molecule has 1 aromatic heterocycles. The Morgan fingerprint density at radius 3 is 2.88 bits per heavy atom. The number of aryl methyl sites for hydroxylation is 1. The SMILES string of the molecule is CN=C(NCc1nc(C)no1)N1CC=C(c2cccc(OC)c2)CC1.I. The third-order valence-corrected chi connectivity index (χ3v) is 4.13. The molecular formula is C18H24IN5O2. The number of nitrogens with one attached hydrogen (secondary N) is 1. The van der Waals surface area contributed by atoms with E-state index in [1.807, 2.05) is 12.1 Å². The van der Waals surface area contributed by atoms with Crippen LogP contribution in [0.4, 0.5) is 0 Å². The van der Waals surface area contributed by atoms with E-state index in [4.69, 9.17) is 9.26 Å². The summed E-state index contributed by atoms with van der Waals surface area (Å²) >= 11 is 0. The number of aromatic nitrogens is 2. The highest BCUT2D eigenvalue weighted by Gasteiger charge is 2.17. The molecule has 1 aliphatic heterocycles. The molecule has 3 rings (SSSR count). The molecule has 1 aromatic carbocycles. The summed E-state index contributed by atoms with van der Waals surface area (Å²) < 4.78 is 10.4. The van der Waals surface area contributed by atoms with Gasteiger partial charge in [-0.15, -0.1) is 24.0 Å². The van der Waals surface area contributed by atoms with Crippen LogP contribution in [0.15, 0.2) is 39.9 Å². The Labute approximate surface area is 170 Å². The first-order valence-corrected chi connectivity index (χ1v) is 8.28. The van der Waals surface area contributed by atoms with Crippen LogP contribution in [-0.4, -0.2) is 48.2 Å². The van der Waals surface area contributed by atoms with Crippen LogP contribution in [-0.2, 0) is 6.54 Å². The van der Waals surface area contributed by atoms with E-state index in [1.165, 1.54) is 11.1 Å². The summed E-state index contributed by atoms with van der Waals surface area (Å²) in [7, 11) is 3.47. The number of halogens is 1. The molecule has 0 bridgehead atoms. The molecule has 26 heavy (non-hydrogen) atoms. The Balaban J connectivity index is 0.00000243. The fourth-order valence-electron chi connectivity index (χ4n) is 2.85. The normalized spacial score (nSPS) is 14.5. The van der Waals surface area contributed by atoms with Crippen LogP contribution in [0.1, 0.15) is 23.7 Å². The van der Waals surface area contributed by atoms with Gasteiger partial charge in [0.1, 0.15) is 5.75 Å². The summed E-state index contributed by atoms with van der Waals surface area (Å²) in [4.78, 5) is 10.7. The lowest BCUT2D eigenvalue weighted by Gasteiger charge is -2.29. The van der Waals surface area contributed by atoms with Crippen LogP contribution in [0, 0.1) is 6.92 Å². The Hall–Kier alpha value is -2.10. The minimum atomic E-state index is 0. The van der Waals surface area contributed by atoms with Crippen molar-refractivity contribution >= 4 is 35.5 Å². The highest BCUT2D eigenvalue weighted by Crippen LogP contribution is 2.25. The van der Waals surface area contributed by atoms with Crippen molar-refractivity contribution in [3.05, 3.63) is 47.6 Å². The van der Waals surface area contributed by atoms with Gasteiger partial charge >= 0.3 is 0 Å². The zero-order chi connectivity index (χ0) is 17.6. The third kappa shape index (κ3) is 4.96. The Morgan fingerprint density at radius 1 is 1.42 bits per heavy atom. The lowest BCUT2D eigenvalue weighted by atomic mass is 9.99. The van der Waals surface area contributed by atoms with E-state index in [1.54, 1.807) is 21.1 Å². The van der Waals surface area contributed by atoms with Crippen molar-refractivity contribution in [3.63, 3.8) is 0 Å². The zero-order valence-corrected chi connectivity index (χ0v) is 17.6. The highest BCUT2D eigenvalue weighted by atomic mass is 127. The second kappa shape index (κ2) is 9.56. The maximum absolute atomic E-state index is 5.31. The third-order valence-electron chi connectivity index (χ3n) is 4.13. The van der Waals surface area contributed by atoms with Crippen molar-refractivity contribution in [2.45, 2.75) is 19.9 Å². The number of nitrogens with zero attached hydrogens (tertiary/aromatic N) is 4. The van der Waals surface area contributed by atoms with Crippen molar-refractivity contribution in [3.8, 4) is 5.75 Å². The Kier molecular flexibility index (Phi) is 7.43. The summed E-state index contributed by atoms with van der Waals surface area (Å²) in [5.74, 6) is 2.91. The minimum absolute atomic E-state index is 0. The van der Waals surface area contributed by atoms with Gasteiger partial charge in [0.15, 0.2) is 11.8 Å². The van der Waals surface area contributed by atoms with E-state index in [2.05, 4.69) is 43.6 Å². The van der Waals surface area contributed by atoms with Crippen LogP contribution in [0.5, 0.6) is 5.75 Å². The summed E-state index contributed by atoms with van der Waals surface area (Å²) in [5, 5.41) is 7.06. The first-order chi connectivity index (χ1) is 12.2. The van der Waals surface area contributed by atoms with Gasteiger partial charge in [0.2, 0.25) is 5.89 Å². The number of hydrogen-bond donors (Lipinski definition) is 1. The molecule has 2 heterocycles. The van der Waals surface area contributed by atoms with E-state index in [0.29, 0.717) is 18.3 Å². The van der Waals surface area contributed by atoms with Crippen LogP contribution in [0.2, 0.25) is 0 Å². The largest absolute Gasteiger partial charge is 0.497 e. The van der Waals surface area contributed by atoms with Crippen LogP contribution in [0.25, 0.3) is 5.57 Å². The fourth-order valence-corrected chi connectivity index (χ4v) is 2.85. The van der Waals surface area contributed by atoms with E-state index < -0.39 is 0 Å². The second-order valence-corrected chi connectivity index (χ2v) is 5.79. The summed E-state index contributed by atoms with van der Waals surface area (Å²) in [6, 6.07) is 8.18. The average molecular weight is 469 g/mol. The minimum Gasteiger partial charge on any atom is -0.497 e. The molecule has 0 radical (unpaired) electrons. The van der Waals surface area contributed by atoms with Crippen molar-refractivity contribution in [1.82, 2.24) is 20.4 Å². The van der Waals surface area contributed by atoms with Gasteiger partial charge in [-0.05, 0) is 36.6 Å². The van der Waals surface area contributed by atoms with Gasteiger partial charge in [0.05, 0.1) is 13.7 Å². The fraction of sp³-hybridized carbons (Fsp3) is 0.389. The number of rotatable bonds is 4. The number of hydrogen-bond acceptors (Lipinski definition) is 5. The molecule has 140 valence electrons. The smallest absolute Gasteiger partial charge is 0.246 e. The van der Waals surface area contributed by atoms with Crippen LogP contribution < -0.4 is 10.1 Å². The predicted molar refractivity (Wildman–Crippen MR) is 112 cm³/mol. The molecule has 0 atom stereocenters. The molecule has 0 saturated carbocycles. The van der Waals surface area contributed by atoms with E-state index in [-0.39, 0.29) is 24.0 Å². The van der Waals surface area contributed by atoms with Gasteiger partial charge in [0, 0.05) is 20.1 Å². The molecule has 0 saturated heterocycles. The lowest BCUT2D eigenvalue weighted by molar-refractivity contribution is 0.366. The van der Waals surface area contributed by atoms with Crippen LogP contribution >= 0.6 is 24.0 Å². The quantitative estimate of drug-likeness (QED) is 0.422. The highest BCUT2D eigenvalue weighted by molar-refractivity contribution is 14.0. The molecule has 8 heteroatoms. The van der Waals surface area contributed by atoms with Gasteiger partial charge in [0.25, 0.3) is 0 Å². The van der Waals surface area contributed by atoms with E-state index >= 15 is 0 Å². The van der Waals surface area contributed by atoms with Crippen molar-refractivity contribution in [1.29, 1.82) is 0 Å². The Bertz CT molecular complexity index is 787. The molecule has 0 fully saturated rings. The molecule has 0 amide bonds. The van der Waals surface area contributed by atoms with E-state index in [9.17, 15) is 0 Å². The zero-order valence-electron chi connectivity index (χ0n) is 15.2. The molecular weight excluding hydrogens is 445 g/mol. The number of benzene rings is 1. The summed E-state index contributed by atoms with van der Waals surface area (Å²) in [6.07, 6.45) is 3.19. The van der Waals surface area contributed by atoms with E-state index in [0.717, 1.165) is 31.2 Å². The van der Waals surface area contributed by atoms with Gasteiger partial charge in [-0.25, -0.2) is 0 Å². The first kappa shape index (κ1) is 20.2. The summed E-state index contributed by atoms with van der Waals surface area (Å²) in [5.41, 5.74) is 2.54. The molecule has 0 spiro atoms. The average Bonchev–Trinajstić information content (AvgIpc) is 3.08. The van der Waals surface area contributed by atoms with Crippen molar-refractivity contribution in [2.24, 2.45) is 4.99 Å². The maximum atomic E-state index is 5.31. The van der Waals surface area contributed by atoms with Crippen molar-refractivity contribution in [2.75, 3.05) is 27.2 Å². The topological polar surface area (TPSA) is 75.8 Å². The molecule has 1 aliphatic rings. The molecule has 0 unspecified atom stereocenters. The lowest BCUT2D eigenvalue weighted by Crippen LogP contribution is -2.43. The van der Waals surface area contributed by atoms with Gasteiger partial charge in [-0.3, -0.25) is 4.99 Å². The van der Waals surface area contributed by atoms with Crippen molar-refractivity contribution < 1.29 is 9.26 Å². The maximum Gasteiger partial charge on any atom is 0.246 e. The standard InChI is InChI=1S/C18H23N5O2.HI/c1-13-21-17(25-22-13)12-20-18(19-2)23-9-7-14(8-10-23)15-5-4-6-16(11-15)24-3;/h4-7,11H,8-10,12H2,1-3H3,(H,19,20);1H. The number of aliphatic imine (C=N–C) groups is 1. The van der Waals surface area contributed by atoms with Gasteiger partial charge in [-0.1, -0.05) is 23.4 Å². The second-order valence-electron chi connectivity index (χ2n) is 5.79. The molecule has 0 aliphatic carbocycles. The molecule has 2 aromatic rings. The number of ether oxygens (including phenoxy) is 1. The first-order valence-electron chi connectivity index (χ1n) is 8.28. The molecule has 7 nitrogen and oxygen atoms in total. The summed E-state index contributed by atoms with van der Waals surface area (Å²) in [6.45, 7) is 3.97. The van der Waals surface area contributed by atoms with Gasteiger partial charge < -0.3 is 19.5 Å². The molecule has 1 N–H and O–H groups in total. The van der Waals surface area contributed by atoms with Gasteiger partial charge in [-0.2, -0.15) is 4.98 Å². The number of methoxy groups -OCH3 is 1. The monoisotopic (exact) mass is 469 g/mol.